The van der Waals surface area contributed by atoms with Gasteiger partial charge in [0.05, 0.1) is 5.54 Å². The highest BCUT2D eigenvalue weighted by molar-refractivity contribution is 5.99. The van der Waals surface area contributed by atoms with Crippen molar-refractivity contribution in [3.8, 4) is 0 Å². The van der Waals surface area contributed by atoms with Crippen LogP contribution in [0, 0.1) is 0 Å². The number of anilines is 1. The molecule has 1 aromatic rings. The molecule has 0 bridgehead atoms. The number of carbonyl (C=O) groups excluding carboxylic acids is 1. The number of rotatable bonds is 2. The first-order valence-corrected chi connectivity index (χ1v) is 4.09. The van der Waals surface area contributed by atoms with E-state index in [1.165, 1.54) is 0 Å². The summed E-state index contributed by atoms with van der Waals surface area (Å²) in [7, 11) is 0. The number of hydrogen-bond donors (Lipinski definition) is 2. The van der Waals surface area contributed by atoms with E-state index in [2.05, 4.69) is 15.5 Å². The first-order valence-electron chi connectivity index (χ1n) is 4.09. The average Bonchev–Trinajstić information content (AvgIpc) is 2.87. The topological polar surface area (TPSA) is 80.9 Å². The zero-order valence-electron chi connectivity index (χ0n) is 7.03. The van der Waals surface area contributed by atoms with E-state index in [0.29, 0.717) is 5.82 Å². The van der Waals surface area contributed by atoms with Crippen LogP contribution < -0.4 is 11.1 Å². The second-order valence-electron chi connectivity index (χ2n) is 3.22. The van der Waals surface area contributed by atoms with E-state index in [9.17, 15) is 4.79 Å². The summed E-state index contributed by atoms with van der Waals surface area (Å²) >= 11 is 0. The van der Waals surface area contributed by atoms with Gasteiger partial charge in [-0.3, -0.25) is 4.79 Å². The van der Waals surface area contributed by atoms with Gasteiger partial charge in [-0.25, -0.2) is 0 Å². The third kappa shape index (κ3) is 1.65. The van der Waals surface area contributed by atoms with Crippen LogP contribution >= 0.6 is 0 Å². The van der Waals surface area contributed by atoms with Crippen LogP contribution in [0.2, 0.25) is 0 Å². The first-order chi connectivity index (χ1) is 6.21. The Bertz CT molecular complexity index is 320. The number of carbonyl (C=O) groups is 1. The zero-order chi connectivity index (χ0) is 9.31. The molecule has 0 spiro atoms. The van der Waals surface area contributed by atoms with Gasteiger partial charge in [-0.2, -0.15) is 5.10 Å². The Hall–Kier alpha value is -1.49. The van der Waals surface area contributed by atoms with Crippen molar-refractivity contribution < 1.29 is 4.79 Å². The van der Waals surface area contributed by atoms with Crippen LogP contribution in [0.5, 0.6) is 0 Å². The fourth-order valence-corrected chi connectivity index (χ4v) is 0.971. The molecule has 1 amide bonds. The van der Waals surface area contributed by atoms with Crippen LogP contribution in [-0.2, 0) is 4.79 Å². The van der Waals surface area contributed by atoms with Gasteiger partial charge in [-0.1, -0.05) is 0 Å². The zero-order valence-corrected chi connectivity index (χ0v) is 7.03. The molecule has 1 fully saturated rings. The summed E-state index contributed by atoms with van der Waals surface area (Å²) in [5, 5.41) is 9.96. The van der Waals surface area contributed by atoms with Gasteiger partial charge in [0.2, 0.25) is 5.91 Å². The average molecular weight is 178 g/mol. The van der Waals surface area contributed by atoms with Crippen LogP contribution in [0.15, 0.2) is 18.3 Å². The second kappa shape index (κ2) is 2.77. The van der Waals surface area contributed by atoms with E-state index in [4.69, 9.17) is 5.73 Å². The molecule has 5 heteroatoms. The Kier molecular flexibility index (Phi) is 1.73. The molecule has 68 valence electrons. The standard InChI is InChI=1S/C8H10N4O/c9-8(3-4-8)7(13)11-6-2-1-5-10-12-6/h1-2,5H,3-4,9H2,(H,11,12,13). The Morgan fingerprint density at radius 3 is 2.92 bits per heavy atom. The van der Waals surface area contributed by atoms with Crippen LogP contribution in [0.1, 0.15) is 12.8 Å². The van der Waals surface area contributed by atoms with E-state index >= 15 is 0 Å². The highest BCUT2D eigenvalue weighted by atomic mass is 16.2. The molecule has 0 unspecified atom stereocenters. The summed E-state index contributed by atoms with van der Waals surface area (Å²) in [6.45, 7) is 0. The summed E-state index contributed by atoms with van der Waals surface area (Å²) in [6, 6.07) is 3.38. The van der Waals surface area contributed by atoms with Crippen molar-refractivity contribution >= 4 is 11.7 Å². The molecule has 0 aliphatic heterocycles. The largest absolute Gasteiger partial charge is 0.317 e. The third-order valence-corrected chi connectivity index (χ3v) is 2.05. The van der Waals surface area contributed by atoms with E-state index in [-0.39, 0.29) is 5.91 Å². The van der Waals surface area contributed by atoms with Gasteiger partial charge < -0.3 is 11.1 Å². The fourth-order valence-electron chi connectivity index (χ4n) is 0.971. The van der Waals surface area contributed by atoms with Crippen molar-refractivity contribution in [1.82, 2.24) is 10.2 Å². The summed E-state index contributed by atoms with van der Waals surface area (Å²) in [5.41, 5.74) is 5.02. The van der Waals surface area contributed by atoms with Gasteiger partial charge in [0.1, 0.15) is 0 Å². The number of nitrogens with two attached hydrogens (primary N) is 1. The lowest BCUT2D eigenvalue weighted by molar-refractivity contribution is -0.118. The minimum atomic E-state index is -0.655. The van der Waals surface area contributed by atoms with Gasteiger partial charge in [-0.05, 0) is 25.0 Å². The Morgan fingerprint density at radius 2 is 2.38 bits per heavy atom. The molecule has 0 atom stereocenters. The lowest BCUT2D eigenvalue weighted by atomic mass is 10.3. The molecule has 13 heavy (non-hydrogen) atoms. The smallest absolute Gasteiger partial charge is 0.245 e. The number of nitrogens with zero attached hydrogens (tertiary/aromatic N) is 2. The molecule has 1 aliphatic carbocycles. The molecule has 1 saturated carbocycles. The lowest BCUT2D eigenvalue weighted by Gasteiger charge is -2.07. The number of aromatic nitrogens is 2. The molecule has 2 rings (SSSR count). The SMILES string of the molecule is NC1(C(=O)Nc2cccnn2)CC1. The van der Waals surface area contributed by atoms with Crippen LogP contribution in [-0.4, -0.2) is 21.6 Å². The fraction of sp³-hybridized carbons (Fsp3) is 0.375. The molecule has 3 N–H and O–H groups in total. The van der Waals surface area contributed by atoms with Crippen LogP contribution in [0.3, 0.4) is 0 Å². The van der Waals surface area contributed by atoms with Gasteiger partial charge >= 0.3 is 0 Å². The summed E-state index contributed by atoms with van der Waals surface area (Å²) in [6.07, 6.45) is 3.04. The van der Waals surface area contributed by atoms with Crippen molar-refractivity contribution in [1.29, 1.82) is 0 Å². The van der Waals surface area contributed by atoms with Gasteiger partial charge in [-0.15, -0.1) is 5.10 Å². The number of amides is 1. The highest BCUT2D eigenvalue weighted by Gasteiger charge is 2.46. The first kappa shape index (κ1) is 8.12. The summed E-state index contributed by atoms with van der Waals surface area (Å²) in [5.74, 6) is 0.275. The Morgan fingerprint density at radius 1 is 1.62 bits per heavy atom. The Balaban J connectivity index is 2.03. The van der Waals surface area contributed by atoms with E-state index in [1.54, 1.807) is 18.3 Å². The maximum absolute atomic E-state index is 11.4. The van der Waals surface area contributed by atoms with Gasteiger partial charge in [0.15, 0.2) is 5.82 Å². The minimum Gasteiger partial charge on any atom is -0.317 e. The number of hydrogen-bond acceptors (Lipinski definition) is 4. The molecule has 1 heterocycles. The second-order valence-corrected chi connectivity index (χ2v) is 3.22. The van der Waals surface area contributed by atoms with Crippen molar-refractivity contribution in [3.05, 3.63) is 18.3 Å². The molecule has 0 saturated heterocycles. The molecular weight excluding hydrogens is 168 g/mol. The van der Waals surface area contributed by atoms with Crippen molar-refractivity contribution in [2.24, 2.45) is 5.73 Å². The molecule has 1 aromatic heterocycles. The predicted molar refractivity (Wildman–Crippen MR) is 46.8 cm³/mol. The maximum Gasteiger partial charge on any atom is 0.245 e. The maximum atomic E-state index is 11.4. The van der Waals surface area contributed by atoms with Crippen LogP contribution in [0.25, 0.3) is 0 Å². The molecule has 0 radical (unpaired) electrons. The van der Waals surface area contributed by atoms with E-state index in [0.717, 1.165) is 12.8 Å². The van der Waals surface area contributed by atoms with Crippen LogP contribution in [0.4, 0.5) is 5.82 Å². The Labute approximate surface area is 75.3 Å². The van der Waals surface area contributed by atoms with Crippen molar-refractivity contribution in [2.75, 3.05) is 5.32 Å². The van der Waals surface area contributed by atoms with E-state index < -0.39 is 5.54 Å². The molecule has 0 aromatic carbocycles. The lowest BCUT2D eigenvalue weighted by Crippen LogP contribution is -2.38. The monoisotopic (exact) mass is 178 g/mol. The predicted octanol–water partition coefficient (Wildman–Crippen LogP) is -0.0936. The quantitative estimate of drug-likeness (QED) is 0.663. The van der Waals surface area contributed by atoms with Crippen molar-refractivity contribution in [2.45, 2.75) is 18.4 Å². The summed E-state index contributed by atoms with van der Waals surface area (Å²) in [4.78, 5) is 11.4. The number of nitrogens with one attached hydrogen (secondary N) is 1. The van der Waals surface area contributed by atoms with Gasteiger partial charge in [0, 0.05) is 6.20 Å². The van der Waals surface area contributed by atoms with E-state index in [1.807, 2.05) is 0 Å². The summed E-state index contributed by atoms with van der Waals surface area (Å²) < 4.78 is 0. The molecular formula is C8H10N4O. The minimum absolute atomic E-state index is 0.173. The normalized spacial score (nSPS) is 17.9. The molecule has 1 aliphatic rings. The van der Waals surface area contributed by atoms with Crippen molar-refractivity contribution in [3.63, 3.8) is 0 Å². The van der Waals surface area contributed by atoms with Gasteiger partial charge in [0.25, 0.3) is 0 Å². The third-order valence-electron chi connectivity index (χ3n) is 2.05. The highest BCUT2D eigenvalue weighted by Crippen LogP contribution is 2.32. The molecule has 5 nitrogen and oxygen atoms in total.